The Labute approximate surface area is 90.6 Å². The zero-order valence-electron chi connectivity index (χ0n) is 8.89. The highest BCUT2D eigenvalue weighted by atomic mass is 15.2. The Morgan fingerprint density at radius 3 is 2.87 bits per heavy atom. The molecule has 0 radical (unpaired) electrons. The third-order valence-corrected chi connectivity index (χ3v) is 3.34. The van der Waals surface area contributed by atoms with Crippen molar-refractivity contribution in [1.29, 1.82) is 0 Å². The van der Waals surface area contributed by atoms with Crippen molar-refractivity contribution in [3.8, 4) is 0 Å². The third-order valence-electron chi connectivity index (χ3n) is 3.34. The highest BCUT2D eigenvalue weighted by molar-refractivity contribution is 5.65. The number of rotatable bonds is 2. The Kier molecular flexibility index (Phi) is 2.29. The summed E-state index contributed by atoms with van der Waals surface area (Å²) >= 11 is 0. The lowest BCUT2D eigenvalue weighted by molar-refractivity contribution is 0.291. The van der Waals surface area contributed by atoms with Crippen molar-refractivity contribution < 1.29 is 0 Å². The molecule has 0 N–H and O–H groups in total. The lowest BCUT2D eigenvalue weighted by atomic mass is 10.0. The van der Waals surface area contributed by atoms with E-state index < -0.39 is 0 Å². The molecule has 0 atom stereocenters. The first-order chi connectivity index (χ1) is 7.43. The predicted molar refractivity (Wildman–Crippen MR) is 61.4 cm³/mol. The second-order valence-electron chi connectivity index (χ2n) is 4.45. The molecule has 1 aliphatic heterocycles. The Balaban J connectivity index is 1.73. The first kappa shape index (κ1) is 9.10. The Hall–Kier alpha value is -1.15. The van der Waals surface area contributed by atoms with Crippen molar-refractivity contribution in [2.45, 2.75) is 25.3 Å². The van der Waals surface area contributed by atoms with Crippen LogP contribution in [0.5, 0.6) is 0 Å². The van der Waals surface area contributed by atoms with Gasteiger partial charge in [0.25, 0.3) is 0 Å². The van der Waals surface area contributed by atoms with E-state index in [0.29, 0.717) is 0 Å². The second-order valence-corrected chi connectivity index (χ2v) is 4.45. The van der Waals surface area contributed by atoms with Crippen LogP contribution >= 0.6 is 0 Å². The van der Waals surface area contributed by atoms with E-state index in [4.69, 9.17) is 0 Å². The van der Waals surface area contributed by atoms with E-state index in [-0.39, 0.29) is 0 Å². The number of pyridine rings is 1. The zero-order chi connectivity index (χ0) is 10.1. The lowest BCUT2D eigenvalue weighted by Gasteiger charge is -2.26. The summed E-state index contributed by atoms with van der Waals surface area (Å²) in [7, 11) is 0. The topological polar surface area (TPSA) is 16.1 Å². The molecule has 0 bridgehead atoms. The summed E-state index contributed by atoms with van der Waals surface area (Å²) in [5.41, 5.74) is 2.77. The molecule has 1 aromatic rings. The molecule has 15 heavy (non-hydrogen) atoms. The van der Waals surface area contributed by atoms with Gasteiger partial charge in [0.1, 0.15) is 0 Å². The summed E-state index contributed by atoms with van der Waals surface area (Å²) in [6, 6.07) is 5.08. The molecule has 1 saturated carbocycles. The van der Waals surface area contributed by atoms with E-state index in [1.807, 2.05) is 18.5 Å². The fourth-order valence-corrected chi connectivity index (χ4v) is 2.27. The molecular formula is C13H16N2. The van der Waals surface area contributed by atoms with Crippen molar-refractivity contribution in [2.75, 3.05) is 13.1 Å². The van der Waals surface area contributed by atoms with Gasteiger partial charge in [-0.2, -0.15) is 0 Å². The molecule has 0 saturated heterocycles. The SMILES string of the molecule is C1=C(c2cccnc2)CCN(C2CC2)C1. The monoisotopic (exact) mass is 200 g/mol. The minimum Gasteiger partial charge on any atom is -0.296 e. The van der Waals surface area contributed by atoms with Gasteiger partial charge in [-0.25, -0.2) is 0 Å². The summed E-state index contributed by atoms with van der Waals surface area (Å²) in [4.78, 5) is 6.77. The fourth-order valence-electron chi connectivity index (χ4n) is 2.27. The van der Waals surface area contributed by atoms with Gasteiger partial charge in [0.05, 0.1) is 0 Å². The van der Waals surface area contributed by atoms with E-state index in [9.17, 15) is 0 Å². The van der Waals surface area contributed by atoms with Crippen LogP contribution in [0.2, 0.25) is 0 Å². The van der Waals surface area contributed by atoms with Crippen LogP contribution in [-0.2, 0) is 0 Å². The van der Waals surface area contributed by atoms with E-state index in [0.717, 1.165) is 12.6 Å². The maximum absolute atomic E-state index is 4.17. The standard InChI is InChI=1S/C13H16N2/c1-2-12(10-14-7-1)11-5-8-15(9-6-11)13-3-4-13/h1-2,5,7,10,13H,3-4,6,8-9H2. The van der Waals surface area contributed by atoms with Crippen molar-refractivity contribution in [3.05, 3.63) is 36.2 Å². The molecule has 0 unspecified atom stereocenters. The number of hydrogen-bond donors (Lipinski definition) is 0. The second kappa shape index (κ2) is 3.78. The highest BCUT2D eigenvalue weighted by Gasteiger charge is 2.29. The quantitative estimate of drug-likeness (QED) is 0.728. The molecule has 0 spiro atoms. The van der Waals surface area contributed by atoms with Crippen LogP contribution in [0.3, 0.4) is 0 Å². The van der Waals surface area contributed by atoms with Gasteiger partial charge in [-0.05, 0) is 36.5 Å². The average Bonchev–Trinajstić information content (AvgIpc) is 3.15. The maximum Gasteiger partial charge on any atom is 0.0342 e. The summed E-state index contributed by atoms with van der Waals surface area (Å²) in [5, 5.41) is 0. The van der Waals surface area contributed by atoms with Crippen molar-refractivity contribution in [1.82, 2.24) is 9.88 Å². The van der Waals surface area contributed by atoms with Gasteiger partial charge in [0.15, 0.2) is 0 Å². The van der Waals surface area contributed by atoms with Gasteiger partial charge >= 0.3 is 0 Å². The molecular weight excluding hydrogens is 184 g/mol. The molecule has 0 amide bonds. The van der Waals surface area contributed by atoms with Crippen molar-refractivity contribution >= 4 is 5.57 Å². The minimum absolute atomic E-state index is 0.900. The molecule has 3 rings (SSSR count). The zero-order valence-corrected chi connectivity index (χ0v) is 8.89. The van der Waals surface area contributed by atoms with E-state index in [1.165, 1.54) is 36.9 Å². The van der Waals surface area contributed by atoms with Gasteiger partial charge < -0.3 is 0 Å². The molecule has 0 aromatic carbocycles. The van der Waals surface area contributed by atoms with Crippen LogP contribution < -0.4 is 0 Å². The van der Waals surface area contributed by atoms with Gasteiger partial charge in [0.2, 0.25) is 0 Å². The van der Waals surface area contributed by atoms with Gasteiger partial charge in [-0.1, -0.05) is 12.1 Å². The maximum atomic E-state index is 4.17. The first-order valence-electron chi connectivity index (χ1n) is 5.77. The predicted octanol–water partition coefficient (Wildman–Crippen LogP) is 2.33. The Morgan fingerprint density at radius 2 is 2.27 bits per heavy atom. The molecule has 2 heteroatoms. The minimum atomic E-state index is 0.900. The summed E-state index contributed by atoms with van der Waals surface area (Å²) in [5.74, 6) is 0. The largest absolute Gasteiger partial charge is 0.296 e. The van der Waals surface area contributed by atoms with E-state index in [2.05, 4.69) is 22.0 Å². The van der Waals surface area contributed by atoms with Gasteiger partial charge in [0, 0.05) is 31.5 Å². The number of nitrogens with zero attached hydrogens (tertiary/aromatic N) is 2. The smallest absolute Gasteiger partial charge is 0.0342 e. The fraction of sp³-hybridized carbons (Fsp3) is 0.462. The average molecular weight is 200 g/mol. The lowest BCUT2D eigenvalue weighted by Crippen LogP contribution is -2.30. The number of aromatic nitrogens is 1. The molecule has 1 fully saturated rings. The van der Waals surface area contributed by atoms with Crippen LogP contribution in [0, 0.1) is 0 Å². The number of hydrogen-bond acceptors (Lipinski definition) is 2. The van der Waals surface area contributed by atoms with Crippen LogP contribution in [-0.4, -0.2) is 29.0 Å². The molecule has 2 heterocycles. The van der Waals surface area contributed by atoms with Crippen LogP contribution in [0.25, 0.3) is 5.57 Å². The van der Waals surface area contributed by atoms with Crippen LogP contribution in [0.15, 0.2) is 30.6 Å². The molecule has 2 nitrogen and oxygen atoms in total. The van der Waals surface area contributed by atoms with Crippen LogP contribution in [0.4, 0.5) is 0 Å². The normalized spacial score (nSPS) is 22.5. The first-order valence-corrected chi connectivity index (χ1v) is 5.77. The highest BCUT2D eigenvalue weighted by Crippen LogP contribution is 2.30. The van der Waals surface area contributed by atoms with Crippen molar-refractivity contribution in [2.24, 2.45) is 0 Å². The van der Waals surface area contributed by atoms with E-state index in [1.54, 1.807) is 0 Å². The van der Waals surface area contributed by atoms with Gasteiger partial charge in [-0.3, -0.25) is 9.88 Å². The van der Waals surface area contributed by atoms with E-state index >= 15 is 0 Å². The van der Waals surface area contributed by atoms with Crippen LogP contribution in [0.1, 0.15) is 24.8 Å². The summed E-state index contributed by atoms with van der Waals surface area (Å²) < 4.78 is 0. The van der Waals surface area contributed by atoms with Gasteiger partial charge in [-0.15, -0.1) is 0 Å². The molecule has 2 aliphatic rings. The Morgan fingerprint density at radius 1 is 1.33 bits per heavy atom. The molecule has 1 aromatic heterocycles. The molecule has 1 aliphatic carbocycles. The third kappa shape index (κ3) is 1.95. The molecule has 78 valence electrons. The Bertz CT molecular complexity index is 365. The summed E-state index contributed by atoms with van der Waals surface area (Å²) in [6.07, 6.45) is 10.2. The summed E-state index contributed by atoms with van der Waals surface area (Å²) in [6.45, 7) is 2.36. The van der Waals surface area contributed by atoms with Crippen molar-refractivity contribution in [3.63, 3.8) is 0 Å².